The van der Waals surface area contributed by atoms with Crippen LogP contribution in [0.15, 0.2) is 28.7 Å². The number of rotatable bonds is 2. The Bertz CT molecular complexity index is 997. The number of hydrogen-bond donors (Lipinski definition) is 1. The summed E-state index contributed by atoms with van der Waals surface area (Å²) < 4.78 is 0.602. The van der Waals surface area contributed by atoms with Crippen LogP contribution in [0, 0.1) is 0 Å². The van der Waals surface area contributed by atoms with Crippen molar-refractivity contribution < 1.29 is 14.7 Å². The van der Waals surface area contributed by atoms with Crippen molar-refractivity contribution in [1.82, 2.24) is 0 Å². The molecule has 0 bridgehead atoms. The fourth-order valence-electron chi connectivity index (χ4n) is 3.62. The number of anilines is 1. The van der Waals surface area contributed by atoms with E-state index in [1.807, 2.05) is 53.7 Å². The molecule has 154 valence electrons. The van der Waals surface area contributed by atoms with Gasteiger partial charge in [0.05, 0.1) is 17.8 Å². The van der Waals surface area contributed by atoms with Gasteiger partial charge in [0, 0.05) is 9.50 Å². The largest absolute Gasteiger partial charge is 0.507 e. The number of Topliss-reactive ketones (excluding diaryl/α,β-unsaturated/α-hetero) is 1. The second kappa shape index (κ2) is 7.13. The van der Waals surface area contributed by atoms with Crippen LogP contribution < -0.4 is 4.90 Å². The van der Waals surface area contributed by atoms with Crippen LogP contribution in [0.2, 0.25) is 5.02 Å². The molecule has 1 N–H and O–H groups in total. The summed E-state index contributed by atoms with van der Waals surface area (Å²) in [4.78, 5) is 26.7. The third-order valence-electron chi connectivity index (χ3n) is 5.11. The van der Waals surface area contributed by atoms with E-state index in [0.717, 1.165) is 16.7 Å². The minimum atomic E-state index is -0.578. The minimum absolute atomic E-state index is 0.226. The van der Waals surface area contributed by atoms with Crippen molar-refractivity contribution in [2.45, 2.75) is 58.9 Å². The van der Waals surface area contributed by atoms with Crippen molar-refractivity contribution >= 4 is 44.9 Å². The summed E-state index contributed by atoms with van der Waals surface area (Å²) in [6.07, 6.45) is 0. The highest BCUT2D eigenvalue weighted by Gasteiger charge is 2.38. The van der Waals surface area contributed by atoms with Gasteiger partial charge in [-0.1, -0.05) is 53.1 Å². The summed E-state index contributed by atoms with van der Waals surface area (Å²) in [5.41, 5.74) is 2.76. The molecular weight excluding hydrogens is 454 g/mol. The fourth-order valence-corrected chi connectivity index (χ4v) is 4.64. The Morgan fingerprint density at radius 2 is 1.48 bits per heavy atom. The number of phenolic OH excluding ortho intramolecular Hbond substituents is 1. The predicted octanol–water partition coefficient (Wildman–Crippen LogP) is 6.13. The fraction of sp³-hybridized carbons (Fsp3) is 0.391. The molecule has 0 radical (unpaired) electrons. The average Bonchev–Trinajstić information content (AvgIpc) is 2.79. The standard InChI is InChI=1S/C23H25BrClNO3/c1-22(2,3)15-7-12(8-16(20(15)28)23(4,5)6)11-26-18-14(19(27)21(26)29)9-13(25)10-17(18)24/h7-10,28H,11H2,1-6H3. The number of aromatic hydroxyl groups is 1. The lowest BCUT2D eigenvalue weighted by atomic mass is 9.78. The average molecular weight is 479 g/mol. The van der Waals surface area contributed by atoms with Crippen molar-refractivity contribution in [3.63, 3.8) is 0 Å². The Morgan fingerprint density at radius 3 is 1.97 bits per heavy atom. The minimum Gasteiger partial charge on any atom is -0.507 e. The van der Waals surface area contributed by atoms with Crippen molar-refractivity contribution in [2.75, 3.05) is 4.90 Å². The highest BCUT2D eigenvalue weighted by Crippen LogP contribution is 2.42. The SMILES string of the molecule is CC(C)(C)c1cc(CN2C(=O)C(=O)c3cc(Cl)cc(Br)c32)cc(C(C)(C)C)c1O. The molecule has 1 aliphatic rings. The lowest BCUT2D eigenvalue weighted by Crippen LogP contribution is -2.30. The van der Waals surface area contributed by atoms with Crippen LogP contribution in [-0.4, -0.2) is 16.8 Å². The van der Waals surface area contributed by atoms with Crippen LogP contribution in [0.1, 0.15) is 68.6 Å². The Balaban J connectivity index is 2.15. The van der Waals surface area contributed by atoms with Gasteiger partial charge in [-0.15, -0.1) is 0 Å². The summed E-state index contributed by atoms with van der Waals surface area (Å²) >= 11 is 9.51. The first kappa shape index (κ1) is 21.8. The molecule has 2 aromatic rings. The Kier molecular flexibility index (Phi) is 5.38. The van der Waals surface area contributed by atoms with Crippen LogP contribution >= 0.6 is 27.5 Å². The van der Waals surface area contributed by atoms with E-state index in [1.165, 1.54) is 11.0 Å². The van der Waals surface area contributed by atoms with Gasteiger partial charge >= 0.3 is 0 Å². The van der Waals surface area contributed by atoms with Gasteiger partial charge in [0.2, 0.25) is 0 Å². The first-order valence-electron chi connectivity index (χ1n) is 9.44. The van der Waals surface area contributed by atoms with E-state index < -0.39 is 11.7 Å². The summed E-state index contributed by atoms with van der Waals surface area (Å²) in [6.45, 7) is 12.5. The van der Waals surface area contributed by atoms with Gasteiger partial charge in [0.15, 0.2) is 0 Å². The number of nitrogens with zero attached hydrogens (tertiary/aromatic N) is 1. The Hall–Kier alpha value is -1.85. The number of hydrogen-bond acceptors (Lipinski definition) is 3. The molecule has 1 amide bonds. The number of phenols is 1. The molecule has 6 heteroatoms. The molecule has 0 atom stereocenters. The van der Waals surface area contributed by atoms with Crippen molar-refractivity contribution in [3.05, 3.63) is 56.0 Å². The van der Waals surface area contributed by atoms with Crippen LogP contribution in [0.5, 0.6) is 5.75 Å². The third kappa shape index (κ3) is 3.95. The van der Waals surface area contributed by atoms with E-state index in [2.05, 4.69) is 15.9 Å². The van der Waals surface area contributed by atoms with E-state index >= 15 is 0 Å². The molecule has 3 rings (SSSR count). The molecule has 0 saturated heterocycles. The van der Waals surface area contributed by atoms with Crippen LogP contribution in [-0.2, 0) is 22.2 Å². The molecule has 4 nitrogen and oxygen atoms in total. The zero-order chi connectivity index (χ0) is 21.9. The molecule has 1 aliphatic heterocycles. The number of halogens is 2. The number of ketones is 1. The van der Waals surface area contributed by atoms with Gasteiger partial charge in [-0.25, -0.2) is 0 Å². The first-order chi connectivity index (χ1) is 13.2. The number of carbonyl (C=O) groups excluding carboxylic acids is 2. The lowest BCUT2D eigenvalue weighted by Gasteiger charge is -2.29. The van der Waals surface area contributed by atoms with Gasteiger partial charge in [0.25, 0.3) is 11.7 Å². The molecular formula is C23H25BrClNO3. The molecule has 29 heavy (non-hydrogen) atoms. The topological polar surface area (TPSA) is 57.6 Å². The number of amides is 1. The third-order valence-corrected chi connectivity index (χ3v) is 5.93. The molecule has 2 aromatic carbocycles. The van der Waals surface area contributed by atoms with Gasteiger partial charge in [-0.05, 0) is 67.7 Å². The summed E-state index contributed by atoms with van der Waals surface area (Å²) in [5, 5.41) is 11.3. The maximum atomic E-state index is 12.7. The monoisotopic (exact) mass is 477 g/mol. The highest BCUT2D eigenvalue weighted by atomic mass is 79.9. The summed E-state index contributed by atoms with van der Waals surface area (Å²) in [6, 6.07) is 7.05. The molecule has 0 saturated carbocycles. The maximum Gasteiger partial charge on any atom is 0.299 e. The summed E-state index contributed by atoms with van der Waals surface area (Å²) in [5.74, 6) is -0.856. The van der Waals surface area contributed by atoms with Crippen molar-refractivity contribution in [3.8, 4) is 5.75 Å². The predicted molar refractivity (Wildman–Crippen MR) is 120 cm³/mol. The second-order valence-corrected chi connectivity index (χ2v) is 10.8. The zero-order valence-electron chi connectivity index (χ0n) is 17.5. The number of fused-ring (bicyclic) bond motifs is 1. The van der Waals surface area contributed by atoms with Crippen molar-refractivity contribution in [2.24, 2.45) is 0 Å². The summed E-state index contributed by atoms with van der Waals surface area (Å²) in [7, 11) is 0. The molecule has 0 aromatic heterocycles. The van der Waals surface area contributed by atoms with Crippen molar-refractivity contribution in [1.29, 1.82) is 0 Å². The zero-order valence-corrected chi connectivity index (χ0v) is 19.8. The first-order valence-corrected chi connectivity index (χ1v) is 10.6. The number of benzene rings is 2. The normalized spacial score (nSPS) is 14.6. The van der Waals surface area contributed by atoms with Crippen LogP contribution in [0.3, 0.4) is 0 Å². The molecule has 0 aliphatic carbocycles. The molecule has 1 heterocycles. The number of carbonyl (C=O) groups is 2. The molecule has 0 fully saturated rings. The molecule has 0 spiro atoms. The van der Waals surface area contributed by atoms with E-state index in [0.29, 0.717) is 20.7 Å². The Labute approximate surface area is 185 Å². The van der Waals surface area contributed by atoms with E-state index in [9.17, 15) is 14.7 Å². The van der Waals surface area contributed by atoms with Crippen LogP contribution in [0.4, 0.5) is 5.69 Å². The highest BCUT2D eigenvalue weighted by molar-refractivity contribution is 9.10. The van der Waals surface area contributed by atoms with E-state index in [1.54, 1.807) is 6.07 Å². The smallest absolute Gasteiger partial charge is 0.299 e. The molecule has 0 unspecified atom stereocenters. The van der Waals surface area contributed by atoms with Gasteiger partial charge in [-0.2, -0.15) is 0 Å². The Morgan fingerprint density at radius 1 is 0.966 bits per heavy atom. The maximum absolute atomic E-state index is 12.7. The van der Waals surface area contributed by atoms with E-state index in [4.69, 9.17) is 11.6 Å². The van der Waals surface area contributed by atoms with Gasteiger partial charge in [-0.3, -0.25) is 14.5 Å². The lowest BCUT2D eigenvalue weighted by molar-refractivity contribution is -0.114. The van der Waals surface area contributed by atoms with Gasteiger partial charge in [0.1, 0.15) is 5.75 Å². The van der Waals surface area contributed by atoms with Crippen LogP contribution in [0.25, 0.3) is 0 Å². The quantitative estimate of drug-likeness (QED) is 0.528. The van der Waals surface area contributed by atoms with E-state index in [-0.39, 0.29) is 23.1 Å². The van der Waals surface area contributed by atoms with Gasteiger partial charge < -0.3 is 5.11 Å². The second-order valence-electron chi connectivity index (χ2n) is 9.54.